The molecular formula is C14H22N2O2. The first-order chi connectivity index (χ1) is 8.77. The number of nitrogens with zero attached hydrogens (tertiary/aromatic N) is 1. The van der Waals surface area contributed by atoms with Crippen molar-refractivity contribution in [3.63, 3.8) is 0 Å². The van der Waals surface area contributed by atoms with Crippen LogP contribution in [0.5, 0.6) is 0 Å². The number of furan rings is 1. The largest absolute Gasteiger partial charge is 0.469 e. The minimum atomic E-state index is 0.0814. The summed E-state index contributed by atoms with van der Waals surface area (Å²) < 4.78 is 5.35. The standard InChI is InChI=1S/C14H22N2O2/c1-2-13-12(7-9-18-13)14(17)16-8-5-3-4-6-11(16)10-15/h7,9,11H,2-6,8,10,15H2,1H3. The third-order valence-electron chi connectivity index (χ3n) is 3.71. The van der Waals surface area contributed by atoms with E-state index in [9.17, 15) is 4.79 Å². The molecule has 0 spiro atoms. The minimum absolute atomic E-state index is 0.0814. The van der Waals surface area contributed by atoms with Crippen molar-refractivity contribution < 1.29 is 9.21 Å². The van der Waals surface area contributed by atoms with Gasteiger partial charge in [0.1, 0.15) is 5.76 Å². The lowest BCUT2D eigenvalue weighted by molar-refractivity contribution is 0.0687. The third kappa shape index (κ3) is 2.58. The second kappa shape index (κ2) is 6.05. The lowest BCUT2D eigenvalue weighted by Crippen LogP contribution is -2.44. The van der Waals surface area contributed by atoms with Crippen molar-refractivity contribution in [2.45, 2.75) is 45.1 Å². The number of amides is 1. The van der Waals surface area contributed by atoms with Crippen molar-refractivity contribution in [3.05, 3.63) is 23.7 Å². The van der Waals surface area contributed by atoms with Gasteiger partial charge < -0.3 is 15.1 Å². The average molecular weight is 250 g/mol. The molecule has 0 saturated carbocycles. The van der Waals surface area contributed by atoms with E-state index in [1.54, 1.807) is 12.3 Å². The number of nitrogens with two attached hydrogens (primary N) is 1. The van der Waals surface area contributed by atoms with Crippen LogP contribution in [0.3, 0.4) is 0 Å². The maximum absolute atomic E-state index is 12.6. The van der Waals surface area contributed by atoms with Gasteiger partial charge in [-0.05, 0) is 18.9 Å². The second-order valence-electron chi connectivity index (χ2n) is 4.85. The Labute approximate surface area is 108 Å². The highest BCUT2D eigenvalue weighted by atomic mass is 16.3. The predicted molar refractivity (Wildman–Crippen MR) is 70.4 cm³/mol. The maximum atomic E-state index is 12.6. The van der Waals surface area contributed by atoms with Crippen LogP contribution in [-0.4, -0.2) is 29.9 Å². The molecule has 1 amide bonds. The van der Waals surface area contributed by atoms with E-state index in [0.717, 1.165) is 38.0 Å². The molecule has 0 radical (unpaired) electrons. The quantitative estimate of drug-likeness (QED) is 0.894. The van der Waals surface area contributed by atoms with E-state index >= 15 is 0 Å². The molecule has 1 aliphatic heterocycles. The highest BCUT2D eigenvalue weighted by molar-refractivity contribution is 5.95. The van der Waals surface area contributed by atoms with Gasteiger partial charge in [0, 0.05) is 25.6 Å². The molecule has 1 fully saturated rings. The van der Waals surface area contributed by atoms with Crippen LogP contribution in [0, 0.1) is 0 Å². The summed E-state index contributed by atoms with van der Waals surface area (Å²) in [7, 11) is 0. The number of hydrogen-bond acceptors (Lipinski definition) is 3. The lowest BCUT2D eigenvalue weighted by atomic mass is 10.1. The molecule has 1 saturated heterocycles. The first-order valence-corrected chi connectivity index (χ1v) is 6.85. The van der Waals surface area contributed by atoms with Gasteiger partial charge >= 0.3 is 0 Å². The topological polar surface area (TPSA) is 59.5 Å². The molecule has 18 heavy (non-hydrogen) atoms. The Morgan fingerprint density at radius 2 is 2.33 bits per heavy atom. The molecule has 100 valence electrons. The van der Waals surface area contributed by atoms with Gasteiger partial charge in [-0.15, -0.1) is 0 Å². The summed E-state index contributed by atoms with van der Waals surface area (Å²) in [6.45, 7) is 3.36. The van der Waals surface area contributed by atoms with Crippen molar-refractivity contribution in [3.8, 4) is 0 Å². The van der Waals surface area contributed by atoms with Gasteiger partial charge in [-0.3, -0.25) is 4.79 Å². The fourth-order valence-electron chi connectivity index (χ4n) is 2.65. The number of carbonyl (C=O) groups is 1. The van der Waals surface area contributed by atoms with Crippen LogP contribution in [0.4, 0.5) is 0 Å². The lowest BCUT2D eigenvalue weighted by Gasteiger charge is -2.29. The summed E-state index contributed by atoms with van der Waals surface area (Å²) in [5.74, 6) is 0.859. The zero-order valence-electron chi connectivity index (χ0n) is 11.0. The first kappa shape index (κ1) is 13.1. The van der Waals surface area contributed by atoms with Crippen LogP contribution in [0.2, 0.25) is 0 Å². The SMILES string of the molecule is CCc1occc1C(=O)N1CCCCCC1CN. The second-order valence-corrected chi connectivity index (χ2v) is 4.85. The molecule has 4 nitrogen and oxygen atoms in total. The molecule has 2 rings (SSSR count). The van der Waals surface area contributed by atoms with Crippen LogP contribution in [0.15, 0.2) is 16.7 Å². The van der Waals surface area contributed by atoms with Crippen molar-refractivity contribution >= 4 is 5.91 Å². The van der Waals surface area contributed by atoms with Crippen molar-refractivity contribution in [2.24, 2.45) is 5.73 Å². The van der Waals surface area contributed by atoms with Gasteiger partial charge in [0.15, 0.2) is 0 Å². The Hall–Kier alpha value is -1.29. The van der Waals surface area contributed by atoms with Crippen LogP contribution < -0.4 is 5.73 Å². The van der Waals surface area contributed by atoms with Crippen LogP contribution in [0.25, 0.3) is 0 Å². The fraction of sp³-hybridized carbons (Fsp3) is 0.643. The summed E-state index contributed by atoms with van der Waals surface area (Å²) in [6, 6.07) is 1.96. The molecule has 0 aliphatic carbocycles. The Morgan fingerprint density at radius 3 is 3.06 bits per heavy atom. The molecule has 0 aromatic carbocycles. The average Bonchev–Trinajstić information content (AvgIpc) is 2.74. The van der Waals surface area contributed by atoms with Gasteiger partial charge in [0.25, 0.3) is 5.91 Å². The Kier molecular flexibility index (Phi) is 4.42. The van der Waals surface area contributed by atoms with E-state index < -0.39 is 0 Å². The molecule has 2 heterocycles. The van der Waals surface area contributed by atoms with E-state index in [1.165, 1.54) is 6.42 Å². The van der Waals surface area contributed by atoms with Crippen LogP contribution >= 0.6 is 0 Å². The number of aryl methyl sites for hydroxylation is 1. The number of likely N-dealkylation sites (tertiary alicyclic amines) is 1. The van der Waals surface area contributed by atoms with Crippen LogP contribution in [-0.2, 0) is 6.42 Å². The van der Waals surface area contributed by atoms with E-state index in [-0.39, 0.29) is 11.9 Å². The molecule has 1 unspecified atom stereocenters. The molecular weight excluding hydrogens is 228 g/mol. The molecule has 1 atom stereocenters. The van der Waals surface area contributed by atoms with Crippen molar-refractivity contribution in [1.29, 1.82) is 0 Å². The van der Waals surface area contributed by atoms with E-state index in [0.29, 0.717) is 12.1 Å². The van der Waals surface area contributed by atoms with Crippen molar-refractivity contribution in [2.75, 3.05) is 13.1 Å². The summed E-state index contributed by atoms with van der Waals surface area (Å²) in [4.78, 5) is 14.5. The number of rotatable bonds is 3. The highest BCUT2D eigenvalue weighted by Gasteiger charge is 2.27. The van der Waals surface area contributed by atoms with E-state index in [1.807, 2.05) is 11.8 Å². The third-order valence-corrected chi connectivity index (χ3v) is 3.71. The van der Waals surface area contributed by atoms with Gasteiger partial charge in [0.05, 0.1) is 11.8 Å². The number of hydrogen-bond donors (Lipinski definition) is 1. The highest BCUT2D eigenvalue weighted by Crippen LogP contribution is 2.21. The monoisotopic (exact) mass is 250 g/mol. The Morgan fingerprint density at radius 1 is 1.50 bits per heavy atom. The minimum Gasteiger partial charge on any atom is -0.469 e. The van der Waals surface area contributed by atoms with Gasteiger partial charge in [-0.25, -0.2) is 0 Å². The van der Waals surface area contributed by atoms with E-state index in [4.69, 9.17) is 10.2 Å². The van der Waals surface area contributed by atoms with Gasteiger partial charge in [-0.2, -0.15) is 0 Å². The summed E-state index contributed by atoms with van der Waals surface area (Å²) in [6.07, 6.45) is 6.78. The summed E-state index contributed by atoms with van der Waals surface area (Å²) in [5.41, 5.74) is 6.51. The first-order valence-electron chi connectivity index (χ1n) is 6.85. The molecule has 1 aromatic heterocycles. The Bertz CT molecular complexity index is 400. The summed E-state index contributed by atoms with van der Waals surface area (Å²) in [5, 5.41) is 0. The predicted octanol–water partition coefficient (Wildman–Crippen LogP) is 2.19. The van der Waals surface area contributed by atoms with Crippen LogP contribution in [0.1, 0.15) is 48.7 Å². The summed E-state index contributed by atoms with van der Waals surface area (Å²) >= 11 is 0. The van der Waals surface area contributed by atoms with E-state index in [2.05, 4.69) is 0 Å². The molecule has 4 heteroatoms. The molecule has 1 aliphatic rings. The maximum Gasteiger partial charge on any atom is 0.257 e. The molecule has 0 bridgehead atoms. The van der Waals surface area contributed by atoms with Gasteiger partial charge in [0.2, 0.25) is 0 Å². The Balaban J connectivity index is 2.20. The van der Waals surface area contributed by atoms with Gasteiger partial charge in [-0.1, -0.05) is 19.8 Å². The smallest absolute Gasteiger partial charge is 0.257 e. The zero-order chi connectivity index (χ0) is 13.0. The van der Waals surface area contributed by atoms with Crippen molar-refractivity contribution in [1.82, 2.24) is 4.90 Å². The molecule has 2 N–H and O–H groups in total. The number of carbonyl (C=O) groups excluding carboxylic acids is 1. The zero-order valence-corrected chi connectivity index (χ0v) is 11.0. The molecule has 1 aromatic rings. The normalized spacial score (nSPS) is 20.8. The fourth-order valence-corrected chi connectivity index (χ4v) is 2.65.